The first-order valence-electron chi connectivity index (χ1n) is 8.07. The van der Waals surface area contributed by atoms with Crippen LogP contribution in [-0.4, -0.2) is 27.0 Å². The molecule has 0 spiro atoms. The molecule has 0 aliphatic rings. The zero-order valence-electron chi connectivity index (χ0n) is 14.5. The van der Waals surface area contributed by atoms with Crippen LogP contribution in [0.3, 0.4) is 0 Å². The van der Waals surface area contributed by atoms with Crippen LogP contribution in [-0.2, 0) is 26.0 Å². The summed E-state index contributed by atoms with van der Waals surface area (Å²) in [6.45, 7) is 1.73. The normalized spacial score (nSPS) is 11.8. The minimum Gasteiger partial charge on any atom is -0.465 e. The fraction of sp³-hybridized carbons (Fsp3) is 0.211. The molecular formula is C19H17N3O4S. The number of ether oxygens (including phenoxy) is 1. The van der Waals surface area contributed by atoms with Crippen molar-refractivity contribution in [2.75, 3.05) is 6.61 Å². The maximum atomic E-state index is 12.6. The van der Waals surface area contributed by atoms with E-state index in [1.165, 1.54) is 24.3 Å². The first-order chi connectivity index (χ1) is 12.9. The largest absolute Gasteiger partial charge is 0.465 e. The van der Waals surface area contributed by atoms with Crippen LogP contribution in [0.25, 0.3) is 0 Å². The Morgan fingerprint density at radius 1 is 1.11 bits per heavy atom. The Kier molecular flexibility index (Phi) is 6.67. The van der Waals surface area contributed by atoms with Crippen LogP contribution in [0.2, 0.25) is 0 Å². The lowest BCUT2D eigenvalue weighted by molar-refractivity contribution is -0.145. The molecule has 1 unspecified atom stereocenters. The third kappa shape index (κ3) is 5.38. The molecule has 0 bridgehead atoms. The van der Waals surface area contributed by atoms with Gasteiger partial charge in [-0.2, -0.15) is 15.2 Å². The lowest BCUT2D eigenvalue weighted by Gasteiger charge is -2.17. The van der Waals surface area contributed by atoms with Crippen molar-refractivity contribution in [3.8, 4) is 12.1 Å². The summed E-state index contributed by atoms with van der Waals surface area (Å²) in [6, 6.07) is 14.7. The number of benzene rings is 2. The molecule has 0 fully saturated rings. The first kappa shape index (κ1) is 20.1. The van der Waals surface area contributed by atoms with Crippen LogP contribution in [0, 0.1) is 22.7 Å². The van der Waals surface area contributed by atoms with E-state index >= 15 is 0 Å². The summed E-state index contributed by atoms with van der Waals surface area (Å²) in [7, 11) is -4.01. The van der Waals surface area contributed by atoms with Crippen LogP contribution in [0.15, 0.2) is 53.4 Å². The van der Waals surface area contributed by atoms with E-state index in [4.69, 9.17) is 15.3 Å². The van der Waals surface area contributed by atoms with E-state index in [9.17, 15) is 13.2 Å². The van der Waals surface area contributed by atoms with Crippen molar-refractivity contribution >= 4 is 16.0 Å². The summed E-state index contributed by atoms with van der Waals surface area (Å²) in [5, 5.41) is 17.8. The van der Waals surface area contributed by atoms with E-state index in [1.807, 2.05) is 12.1 Å². The Bertz CT molecular complexity index is 1000. The average molecular weight is 383 g/mol. The van der Waals surface area contributed by atoms with Gasteiger partial charge >= 0.3 is 5.97 Å². The molecule has 0 saturated carbocycles. The number of sulfonamides is 1. The Morgan fingerprint density at radius 2 is 1.78 bits per heavy atom. The van der Waals surface area contributed by atoms with E-state index < -0.39 is 22.0 Å². The number of nitrogens with one attached hydrogen (secondary N) is 1. The van der Waals surface area contributed by atoms with Gasteiger partial charge in [0.2, 0.25) is 10.0 Å². The predicted molar refractivity (Wildman–Crippen MR) is 96.8 cm³/mol. The van der Waals surface area contributed by atoms with E-state index in [1.54, 1.807) is 31.2 Å². The van der Waals surface area contributed by atoms with Crippen LogP contribution < -0.4 is 4.72 Å². The highest BCUT2D eigenvalue weighted by Crippen LogP contribution is 2.14. The number of nitrogens with zero attached hydrogens (tertiary/aromatic N) is 2. The summed E-state index contributed by atoms with van der Waals surface area (Å²) in [5.74, 6) is -0.711. The summed E-state index contributed by atoms with van der Waals surface area (Å²) in [6.07, 6.45) is 0.0316. The number of hydrogen-bond donors (Lipinski definition) is 1. The molecule has 0 radical (unpaired) electrons. The first-order valence-corrected chi connectivity index (χ1v) is 9.56. The highest BCUT2D eigenvalue weighted by Gasteiger charge is 2.27. The molecule has 27 heavy (non-hydrogen) atoms. The quantitative estimate of drug-likeness (QED) is 0.729. The molecule has 2 aromatic rings. The number of carbonyl (C=O) groups is 1. The minimum absolute atomic E-state index is 0.0316. The topological polar surface area (TPSA) is 120 Å². The molecule has 1 atom stereocenters. The fourth-order valence-electron chi connectivity index (χ4n) is 2.38. The average Bonchev–Trinajstić information content (AvgIpc) is 2.67. The van der Waals surface area contributed by atoms with Crippen molar-refractivity contribution in [1.29, 1.82) is 10.5 Å². The molecular weight excluding hydrogens is 366 g/mol. The van der Waals surface area contributed by atoms with Crippen molar-refractivity contribution in [1.82, 2.24) is 4.72 Å². The van der Waals surface area contributed by atoms with Gasteiger partial charge in [-0.15, -0.1) is 0 Å². The SMILES string of the molecule is CCOC(=O)C(Cc1cccc(C#N)c1)NS(=O)(=O)c1ccc(C#N)cc1. The lowest BCUT2D eigenvalue weighted by atomic mass is 10.0. The molecule has 2 aromatic carbocycles. The Balaban J connectivity index is 2.29. The molecule has 0 heterocycles. The van der Waals surface area contributed by atoms with Gasteiger partial charge in [0.25, 0.3) is 0 Å². The standard InChI is InChI=1S/C19H17N3O4S/c1-2-26-19(23)18(11-15-4-3-5-16(10-15)13-21)22-27(24,25)17-8-6-14(12-20)7-9-17/h3-10,18,22H,2,11H2,1H3. The number of esters is 1. The summed E-state index contributed by atoms with van der Waals surface area (Å²) >= 11 is 0. The molecule has 8 heteroatoms. The van der Waals surface area contributed by atoms with Gasteiger partial charge in [-0.3, -0.25) is 4.79 Å². The number of hydrogen-bond acceptors (Lipinski definition) is 6. The molecule has 7 nitrogen and oxygen atoms in total. The number of nitriles is 2. The van der Waals surface area contributed by atoms with Gasteiger partial charge in [0, 0.05) is 0 Å². The third-order valence-corrected chi connectivity index (χ3v) is 5.15. The summed E-state index contributed by atoms with van der Waals surface area (Å²) < 4.78 is 32.5. The fourth-order valence-corrected chi connectivity index (χ4v) is 3.57. The maximum Gasteiger partial charge on any atom is 0.324 e. The zero-order valence-corrected chi connectivity index (χ0v) is 15.4. The number of rotatable bonds is 7. The number of carbonyl (C=O) groups excluding carboxylic acids is 1. The van der Waals surface area contributed by atoms with Gasteiger partial charge in [-0.25, -0.2) is 8.42 Å². The second-order valence-electron chi connectivity index (χ2n) is 5.58. The molecule has 0 saturated heterocycles. The Labute approximate surface area is 157 Å². The van der Waals surface area contributed by atoms with Crippen molar-refractivity contribution in [3.63, 3.8) is 0 Å². The van der Waals surface area contributed by atoms with Crippen LogP contribution in [0.4, 0.5) is 0 Å². The second-order valence-corrected chi connectivity index (χ2v) is 7.29. The molecule has 138 valence electrons. The van der Waals surface area contributed by atoms with Gasteiger partial charge in [0.1, 0.15) is 6.04 Å². The van der Waals surface area contributed by atoms with E-state index in [0.29, 0.717) is 16.7 Å². The van der Waals surface area contributed by atoms with Crippen molar-refractivity contribution in [2.24, 2.45) is 0 Å². The smallest absolute Gasteiger partial charge is 0.324 e. The summed E-state index contributed by atoms with van der Waals surface area (Å²) in [4.78, 5) is 12.2. The maximum absolute atomic E-state index is 12.6. The molecule has 0 amide bonds. The van der Waals surface area contributed by atoms with Gasteiger partial charge < -0.3 is 4.74 Å². The van der Waals surface area contributed by atoms with Gasteiger partial charge in [-0.05, 0) is 55.3 Å². The van der Waals surface area contributed by atoms with E-state index in [0.717, 1.165) is 0 Å². The van der Waals surface area contributed by atoms with Gasteiger partial charge in [0.05, 0.1) is 34.8 Å². The molecule has 0 aliphatic heterocycles. The minimum atomic E-state index is -4.01. The van der Waals surface area contributed by atoms with Crippen molar-refractivity contribution in [3.05, 3.63) is 65.2 Å². The summed E-state index contributed by atoms with van der Waals surface area (Å²) in [5.41, 5.74) is 1.35. The van der Waals surface area contributed by atoms with Crippen LogP contribution in [0.5, 0.6) is 0 Å². The zero-order chi connectivity index (χ0) is 19.9. The van der Waals surface area contributed by atoms with Crippen molar-refractivity contribution in [2.45, 2.75) is 24.3 Å². The second kappa shape index (κ2) is 8.95. The predicted octanol–water partition coefficient (Wildman–Crippen LogP) is 1.88. The van der Waals surface area contributed by atoms with E-state index in [-0.39, 0.29) is 17.9 Å². The Morgan fingerprint density at radius 3 is 2.37 bits per heavy atom. The van der Waals surface area contributed by atoms with Gasteiger partial charge in [-0.1, -0.05) is 12.1 Å². The molecule has 2 rings (SSSR count). The monoisotopic (exact) mass is 383 g/mol. The van der Waals surface area contributed by atoms with Crippen LogP contribution >= 0.6 is 0 Å². The highest BCUT2D eigenvalue weighted by molar-refractivity contribution is 7.89. The van der Waals surface area contributed by atoms with E-state index in [2.05, 4.69) is 4.72 Å². The third-order valence-electron chi connectivity index (χ3n) is 3.66. The molecule has 0 aromatic heterocycles. The molecule has 1 N–H and O–H groups in total. The van der Waals surface area contributed by atoms with Crippen molar-refractivity contribution < 1.29 is 17.9 Å². The lowest BCUT2D eigenvalue weighted by Crippen LogP contribution is -2.43. The van der Waals surface area contributed by atoms with Gasteiger partial charge in [0.15, 0.2) is 0 Å². The highest BCUT2D eigenvalue weighted by atomic mass is 32.2. The van der Waals surface area contributed by atoms with Crippen LogP contribution in [0.1, 0.15) is 23.6 Å². The Hall–Kier alpha value is -3.20. The molecule has 0 aliphatic carbocycles.